The molecule has 240 valence electrons. The van der Waals surface area contributed by atoms with Crippen LogP contribution in [0.15, 0.2) is 91.3 Å². The van der Waals surface area contributed by atoms with Gasteiger partial charge in [0.1, 0.15) is 11.5 Å². The summed E-state index contributed by atoms with van der Waals surface area (Å²) in [5.41, 5.74) is 1.71. The minimum absolute atomic E-state index is 0.103. The van der Waals surface area contributed by atoms with E-state index in [0.29, 0.717) is 30.9 Å². The van der Waals surface area contributed by atoms with Crippen molar-refractivity contribution in [1.82, 2.24) is 0 Å². The van der Waals surface area contributed by atoms with Crippen molar-refractivity contribution in [3.8, 4) is 23.0 Å². The van der Waals surface area contributed by atoms with Gasteiger partial charge >= 0.3 is 13.2 Å². The first kappa shape index (κ1) is 33.3. The molecular formula is C29H26F4N2O8S2. The molecule has 0 fully saturated rings. The third-order valence-electron chi connectivity index (χ3n) is 6.28. The Morgan fingerprint density at radius 3 is 1.71 bits per heavy atom. The van der Waals surface area contributed by atoms with Gasteiger partial charge < -0.3 is 19.4 Å². The molecule has 0 N–H and O–H groups in total. The van der Waals surface area contributed by atoms with Crippen molar-refractivity contribution >= 4 is 25.7 Å². The quantitative estimate of drug-likeness (QED) is 0.105. The van der Waals surface area contributed by atoms with Crippen molar-refractivity contribution < 1.29 is 53.3 Å². The highest BCUT2D eigenvalue weighted by Gasteiger charge is 2.27. The molecule has 0 aliphatic heterocycles. The van der Waals surface area contributed by atoms with Gasteiger partial charge in [0, 0.05) is 18.1 Å². The minimum atomic E-state index is -4.12. The van der Waals surface area contributed by atoms with E-state index in [1.165, 1.54) is 48.8 Å². The number of halogens is 4. The van der Waals surface area contributed by atoms with E-state index in [2.05, 4.69) is 9.47 Å². The van der Waals surface area contributed by atoms with Crippen LogP contribution >= 0.6 is 0 Å². The Morgan fingerprint density at radius 1 is 0.711 bits per heavy atom. The van der Waals surface area contributed by atoms with E-state index in [0.717, 1.165) is 18.6 Å². The molecule has 16 heteroatoms. The maximum atomic E-state index is 13.1. The van der Waals surface area contributed by atoms with Crippen LogP contribution in [-0.4, -0.2) is 42.6 Å². The lowest BCUT2D eigenvalue weighted by atomic mass is 9.86. The normalized spacial score (nSPS) is 12.6. The molecule has 10 nitrogen and oxygen atoms in total. The standard InChI is InChI=1S/C29H26F4N2O8S2/c1-44(37,38)35(45(2,39)40)22-6-10-24(11-7-22)41-23-8-3-20(4-9-23)25(17-19-13-15-34(36)16-14-19)21-5-12-26(42-28(30)31)27(18-21)43-29(32)33/h3-16,18,25,28-29H,17H2,1-2H3. The van der Waals surface area contributed by atoms with E-state index in [9.17, 15) is 39.6 Å². The largest absolute Gasteiger partial charge is 0.619 e. The van der Waals surface area contributed by atoms with E-state index in [-0.39, 0.29) is 17.9 Å². The molecule has 0 aliphatic rings. The molecule has 0 saturated heterocycles. The molecule has 4 rings (SSSR count). The molecule has 0 spiro atoms. The molecule has 1 unspecified atom stereocenters. The predicted octanol–water partition coefficient (Wildman–Crippen LogP) is 5.42. The molecule has 3 aromatic carbocycles. The van der Waals surface area contributed by atoms with Gasteiger partial charge in [-0.25, -0.2) is 16.8 Å². The minimum Gasteiger partial charge on any atom is -0.619 e. The van der Waals surface area contributed by atoms with Gasteiger partial charge in [0.05, 0.1) is 18.2 Å². The summed E-state index contributed by atoms with van der Waals surface area (Å²) in [4.78, 5) is 0. The van der Waals surface area contributed by atoms with Gasteiger partial charge in [-0.3, -0.25) is 0 Å². The van der Waals surface area contributed by atoms with Crippen LogP contribution in [0.3, 0.4) is 0 Å². The zero-order valence-electron chi connectivity index (χ0n) is 23.6. The fourth-order valence-electron chi connectivity index (χ4n) is 4.54. The smallest absolute Gasteiger partial charge is 0.387 e. The van der Waals surface area contributed by atoms with Gasteiger partial charge in [0.15, 0.2) is 23.9 Å². The maximum Gasteiger partial charge on any atom is 0.387 e. The summed E-state index contributed by atoms with van der Waals surface area (Å²) in [7, 11) is -8.24. The number of benzene rings is 3. The highest BCUT2D eigenvalue weighted by Crippen LogP contribution is 2.37. The van der Waals surface area contributed by atoms with Gasteiger partial charge in [-0.2, -0.15) is 26.0 Å². The van der Waals surface area contributed by atoms with E-state index in [4.69, 9.17) is 4.74 Å². The molecule has 45 heavy (non-hydrogen) atoms. The van der Waals surface area contributed by atoms with Gasteiger partial charge in [-0.15, -0.1) is 0 Å². The molecule has 1 heterocycles. The topological polar surface area (TPSA) is 126 Å². The second kappa shape index (κ2) is 13.6. The van der Waals surface area contributed by atoms with Gasteiger partial charge in [-0.1, -0.05) is 18.2 Å². The molecule has 0 bridgehead atoms. The third-order valence-corrected chi connectivity index (χ3v) is 9.53. The summed E-state index contributed by atoms with van der Waals surface area (Å²) in [5.74, 6) is -1.05. The summed E-state index contributed by atoms with van der Waals surface area (Å²) >= 11 is 0. The average molecular weight is 671 g/mol. The van der Waals surface area contributed by atoms with Crippen LogP contribution in [0.5, 0.6) is 23.0 Å². The maximum absolute atomic E-state index is 13.1. The van der Waals surface area contributed by atoms with Crippen molar-refractivity contribution in [1.29, 1.82) is 0 Å². The SMILES string of the molecule is CS(=O)(=O)N(c1ccc(Oc2ccc(C(Cc3cc[n+]([O-])cc3)c3ccc(OC(F)F)c(OC(F)F)c3)cc2)cc1)S(C)(=O)=O. The Labute approximate surface area is 256 Å². The first-order chi connectivity index (χ1) is 21.1. The molecule has 0 saturated carbocycles. The van der Waals surface area contributed by atoms with E-state index < -0.39 is 50.7 Å². The van der Waals surface area contributed by atoms with Crippen LogP contribution < -0.4 is 22.7 Å². The van der Waals surface area contributed by atoms with Crippen LogP contribution in [0.4, 0.5) is 23.2 Å². The number of alkyl halides is 4. The Kier molecular flexibility index (Phi) is 10.1. The molecule has 1 aromatic heterocycles. The highest BCUT2D eigenvalue weighted by atomic mass is 32.3. The Hall–Kier alpha value is -4.57. The molecule has 0 amide bonds. The molecule has 4 aromatic rings. The first-order valence-corrected chi connectivity index (χ1v) is 16.6. The van der Waals surface area contributed by atoms with Gasteiger partial charge in [-0.05, 0) is 71.6 Å². The monoisotopic (exact) mass is 670 g/mol. The Morgan fingerprint density at radius 2 is 1.20 bits per heavy atom. The zero-order valence-corrected chi connectivity index (χ0v) is 25.2. The van der Waals surface area contributed by atoms with Crippen molar-refractivity contribution in [3.63, 3.8) is 0 Å². The number of anilines is 1. The molecular weight excluding hydrogens is 644 g/mol. The number of rotatable bonds is 13. The lowest BCUT2D eigenvalue weighted by molar-refractivity contribution is -0.605. The number of hydrogen-bond donors (Lipinski definition) is 0. The molecule has 0 aliphatic carbocycles. The van der Waals surface area contributed by atoms with Crippen molar-refractivity contribution in [2.75, 3.05) is 16.2 Å². The molecule has 0 radical (unpaired) electrons. The second-order valence-corrected chi connectivity index (χ2v) is 13.6. The number of ether oxygens (including phenoxy) is 3. The number of sulfonamides is 2. The van der Waals surface area contributed by atoms with Crippen molar-refractivity contribution in [2.45, 2.75) is 25.6 Å². The highest BCUT2D eigenvalue weighted by molar-refractivity contribution is 8.09. The summed E-state index contributed by atoms with van der Waals surface area (Å²) in [6.45, 7) is -6.57. The first-order valence-electron chi connectivity index (χ1n) is 12.9. The van der Waals surface area contributed by atoms with E-state index in [1.807, 2.05) is 0 Å². The van der Waals surface area contributed by atoms with E-state index >= 15 is 0 Å². The second-order valence-electron chi connectivity index (χ2n) is 9.67. The van der Waals surface area contributed by atoms with Crippen LogP contribution in [0, 0.1) is 5.21 Å². The number of hydrogen-bond acceptors (Lipinski definition) is 8. The number of aromatic nitrogens is 1. The Bertz CT molecular complexity index is 1790. The number of pyridine rings is 1. The summed E-state index contributed by atoms with van der Waals surface area (Å²) < 4.78 is 116. The summed E-state index contributed by atoms with van der Waals surface area (Å²) in [6, 6.07) is 18.8. The average Bonchev–Trinajstić information content (AvgIpc) is 2.93. The lowest BCUT2D eigenvalue weighted by Gasteiger charge is -2.21. The van der Waals surface area contributed by atoms with E-state index in [1.54, 1.807) is 36.4 Å². The Balaban J connectivity index is 1.64. The molecule has 1 atom stereocenters. The van der Waals surface area contributed by atoms with Crippen LogP contribution in [0.1, 0.15) is 22.6 Å². The summed E-state index contributed by atoms with van der Waals surface area (Å²) in [5, 5.41) is 11.5. The predicted molar refractivity (Wildman–Crippen MR) is 156 cm³/mol. The van der Waals surface area contributed by atoms with Gasteiger partial charge in [0.25, 0.3) is 0 Å². The van der Waals surface area contributed by atoms with Crippen molar-refractivity contribution in [3.05, 3.63) is 113 Å². The number of nitrogens with zero attached hydrogens (tertiary/aromatic N) is 2. The summed E-state index contributed by atoms with van der Waals surface area (Å²) in [6.07, 6.45) is 4.41. The zero-order chi connectivity index (χ0) is 32.9. The van der Waals surface area contributed by atoms with Gasteiger partial charge in [0.2, 0.25) is 20.0 Å². The lowest BCUT2D eigenvalue weighted by Crippen LogP contribution is -2.35. The fourth-order valence-corrected chi connectivity index (χ4v) is 7.51. The van der Waals surface area contributed by atoms with Crippen molar-refractivity contribution in [2.24, 2.45) is 0 Å². The van der Waals surface area contributed by atoms with Crippen LogP contribution in [0.25, 0.3) is 0 Å². The fraction of sp³-hybridized carbons (Fsp3) is 0.207. The van der Waals surface area contributed by atoms with Crippen LogP contribution in [-0.2, 0) is 26.5 Å². The third kappa shape index (κ3) is 8.98. The van der Waals surface area contributed by atoms with Crippen LogP contribution in [0.2, 0.25) is 0 Å².